The van der Waals surface area contributed by atoms with E-state index in [1.165, 1.54) is 29.9 Å². The third-order valence-corrected chi connectivity index (χ3v) is 3.84. The number of pyridine rings is 1. The maximum absolute atomic E-state index is 4.64. The van der Waals surface area contributed by atoms with E-state index in [4.69, 9.17) is 0 Å². The second-order valence-corrected chi connectivity index (χ2v) is 5.10. The fraction of sp³-hybridized carbons (Fsp3) is 0.0769. The zero-order valence-electron chi connectivity index (χ0n) is 9.46. The van der Waals surface area contributed by atoms with Crippen LogP contribution >= 0.6 is 0 Å². The monoisotopic (exact) mass is 277 g/mol. The molecule has 0 atom stereocenters. The van der Waals surface area contributed by atoms with Crippen LogP contribution in [0.15, 0.2) is 42.6 Å². The predicted octanol–water partition coefficient (Wildman–Crippen LogP) is 2.34. The number of aromatic nitrogens is 3. The van der Waals surface area contributed by atoms with E-state index >= 15 is 0 Å². The number of rotatable bonds is 1. The van der Waals surface area contributed by atoms with Crippen LogP contribution in [-0.2, 0) is 0 Å². The molecule has 4 heteroatoms. The van der Waals surface area contributed by atoms with E-state index in [-0.39, 0.29) is 0 Å². The first-order valence-electron chi connectivity index (χ1n) is 5.41. The van der Waals surface area contributed by atoms with Crippen LogP contribution in [0.2, 0.25) is 0 Å². The standard InChI is InChI=1S/C13H10N3.Ga/c1-9-5-6-10-12(8-9)16-13(15-10)11-4-2-3-7-14-11;/h2-8H,1H3;/q-1;+1. The molecule has 0 N–H and O–H groups in total. The molecule has 0 amide bonds. The van der Waals surface area contributed by atoms with E-state index < -0.39 is 0 Å². The number of imidazole rings is 1. The molecule has 0 fully saturated rings. The summed E-state index contributed by atoms with van der Waals surface area (Å²) in [4.78, 5) is 8.99. The summed E-state index contributed by atoms with van der Waals surface area (Å²) in [5, 5.41) is 0. The van der Waals surface area contributed by atoms with Crippen LogP contribution in [0, 0.1) is 6.92 Å². The zero-order chi connectivity index (χ0) is 11.8. The van der Waals surface area contributed by atoms with Crippen molar-refractivity contribution in [1.82, 2.24) is 13.2 Å². The summed E-state index contributed by atoms with van der Waals surface area (Å²) in [6.07, 6.45) is 1.80. The van der Waals surface area contributed by atoms with Gasteiger partial charge < -0.3 is 0 Å². The summed E-state index contributed by atoms with van der Waals surface area (Å²) in [6, 6.07) is 12.2. The molecule has 0 saturated heterocycles. The number of nitrogens with zero attached hydrogens (tertiary/aromatic N) is 3. The molecule has 3 aromatic rings. The first-order valence-corrected chi connectivity index (χ1v) is 6.49. The van der Waals surface area contributed by atoms with Gasteiger partial charge in [-0.15, -0.1) is 0 Å². The maximum atomic E-state index is 4.64. The minimum absolute atomic E-state index is 0.922. The van der Waals surface area contributed by atoms with Crippen LogP contribution in [0.4, 0.5) is 0 Å². The Labute approximate surface area is 110 Å². The fourth-order valence-electron chi connectivity index (χ4n) is 1.88. The molecule has 1 aromatic carbocycles. The van der Waals surface area contributed by atoms with Crippen LogP contribution in [-0.4, -0.2) is 32.1 Å². The molecule has 0 bridgehead atoms. The van der Waals surface area contributed by atoms with Crippen LogP contribution in [0.25, 0.3) is 22.6 Å². The number of fused-ring (bicyclic) bond motifs is 1. The molecule has 0 saturated carbocycles. The molecule has 2 radical (unpaired) electrons. The van der Waals surface area contributed by atoms with Gasteiger partial charge in [-0.1, -0.05) is 0 Å². The third-order valence-electron chi connectivity index (χ3n) is 2.74. The van der Waals surface area contributed by atoms with E-state index in [0.29, 0.717) is 0 Å². The summed E-state index contributed by atoms with van der Waals surface area (Å²) < 4.78 is 2.15. The second kappa shape index (κ2) is 4.05. The van der Waals surface area contributed by atoms with Gasteiger partial charge >= 0.3 is 110 Å². The first-order chi connectivity index (χ1) is 8.25. The van der Waals surface area contributed by atoms with Gasteiger partial charge in [0.2, 0.25) is 0 Å². The average Bonchev–Trinajstić information content (AvgIpc) is 2.68. The van der Waals surface area contributed by atoms with E-state index in [1.807, 2.05) is 18.2 Å². The Balaban J connectivity index is 2.28. The van der Waals surface area contributed by atoms with Crippen LogP contribution in [0.5, 0.6) is 0 Å². The molecule has 3 nitrogen and oxygen atoms in total. The van der Waals surface area contributed by atoms with E-state index in [0.717, 1.165) is 17.0 Å². The molecule has 0 aliphatic rings. The summed E-state index contributed by atoms with van der Waals surface area (Å²) in [5.74, 6) is 0.936. The molecular formula is C13H10GaN3. The molecule has 0 unspecified atom stereocenters. The minimum atomic E-state index is 0.922. The molecule has 80 valence electrons. The van der Waals surface area contributed by atoms with Gasteiger partial charge in [0, 0.05) is 0 Å². The van der Waals surface area contributed by atoms with Crippen molar-refractivity contribution >= 4 is 29.9 Å². The molecule has 0 spiro atoms. The van der Waals surface area contributed by atoms with E-state index in [9.17, 15) is 0 Å². The normalized spacial score (nSPS) is 10.9. The number of hydrogen-bond donors (Lipinski definition) is 0. The molecule has 17 heavy (non-hydrogen) atoms. The predicted molar refractivity (Wildman–Crippen MR) is 68.9 cm³/mol. The van der Waals surface area contributed by atoms with Gasteiger partial charge in [-0.25, -0.2) is 0 Å². The Morgan fingerprint density at radius 2 is 2.06 bits per heavy atom. The summed E-state index contributed by atoms with van der Waals surface area (Å²) in [7, 11) is 0. The molecule has 0 aliphatic heterocycles. The SMILES string of the molecule is Cc1ccc2nc(-c3ccccn3)[n]([Ga])c2c1. The molecular weight excluding hydrogens is 268 g/mol. The fourth-order valence-corrected chi connectivity index (χ4v) is 2.71. The zero-order valence-corrected chi connectivity index (χ0v) is 11.9. The second-order valence-electron chi connectivity index (χ2n) is 4.01. The van der Waals surface area contributed by atoms with Gasteiger partial charge in [-0.3, -0.25) is 0 Å². The van der Waals surface area contributed by atoms with Crippen molar-refractivity contribution < 1.29 is 0 Å². The quantitative estimate of drug-likeness (QED) is 0.640. The van der Waals surface area contributed by atoms with Gasteiger partial charge in [0.15, 0.2) is 0 Å². The summed E-state index contributed by atoms with van der Waals surface area (Å²) in [6.45, 7) is 2.10. The van der Waals surface area contributed by atoms with Crippen molar-refractivity contribution in [3.05, 3.63) is 48.2 Å². The van der Waals surface area contributed by atoms with Gasteiger partial charge in [0.05, 0.1) is 0 Å². The molecule has 2 aromatic heterocycles. The van der Waals surface area contributed by atoms with Crippen molar-refractivity contribution in [3.63, 3.8) is 0 Å². The van der Waals surface area contributed by atoms with Crippen molar-refractivity contribution in [2.45, 2.75) is 6.92 Å². The van der Waals surface area contributed by atoms with Gasteiger partial charge in [-0.05, 0) is 0 Å². The van der Waals surface area contributed by atoms with E-state index in [1.54, 1.807) is 6.20 Å². The number of aryl methyl sites for hydroxylation is 1. The van der Waals surface area contributed by atoms with Crippen LogP contribution in [0.1, 0.15) is 5.56 Å². The van der Waals surface area contributed by atoms with Gasteiger partial charge in [0.1, 0.15) is 0 Å². The summed E-state index contributed by atoms with van der Waals surface area (Å²) in [5.41, 5.74) is 4.38. The Hall–Kier alpha value is -1.52. The van der Waals surface area contributed by atoms with Crippen LogP contribution < -0.4 is 0 Å². The number of benzene rings is 1. The molecule has 3 rings (SSSR count). The van der Waals surface area contributed by atoms with E-state index in [2.05, 4.69) is 38.4 Å². The Bertz CT molecular complexity index is 674. The topological polar surface area (TPSA) is 30.7 Å². The summed E-state index contributed by atoms with van der Waals surface area (Å²) >= 11 is 1.52. The van der Waals surface area contributed by atoms with Crippen molar-refractivity contribution in [3.8, 4) is 11.5 Å². The third kappa shape index (κ3) is 1.79. The van der Waals surface area contributed by atoms with Gasteiger partial charge in [-0.2, -0.15) is 0 Å². The van der Waals surface area contributed by atoms with Gasteiger partial charge in [0.25, 0.3) is 0 Å². The Kier molecular flexibility index (Phi) is 2.53. The number of hydrogen-bond acceptors (Lipinski definition) is 2. The van der Waals surface area contributed by atoms with Crippen molar-refractivity contribution in [1.29, 1.82) is 0 Å². The Morgan fingerprint density at radius 1 is 1.18 bits per heavy atom. The van der Waals surface area contributed by atoms with Crippen LogP contribution in [0.3, 0.4) is 0 Å². The van der Waals surface area contributed by atoms with Crippen molar-refractivity contribution in [2.75, 3.05) is 0 Å². The average molecular weight is 278 g/mol. The molecule has 2 heterocycles. The molecule has 0 aliphatic carbocycles. The Morgan fingerprint density at radius 3 is 2.82 bits per heavy atom. The first kappa shape index (κ1) is 10.6. The van der Waals surface area contributed by atoms with Crippen molar-refractivity contribution in [2.24, 2.45) is 0 Å².